The first-order valence-corrected chi connectivity index (χ1v) is 7.10. The molecule has 0 amide bonds. The molecule has 2 aromatic rings. The lowest BCUT2D eigenvalue weighted by molar-refractivity contribution is 0.522. The number of aryl methyl sites for hydroxylation is 1. The van der Waals surface area contributed by atoms with Gasteiger partial charge in [0, 0.05) is 24.4 Å². The topological polar surface area (TPSA) is 24.9 Å². The maximum absolute atomic E-state index is 13.1. The summed E-state index contributed by atoms with van der Waals surface area (Å²) in [5, 5.41) is 3.52. The van der Waals surface area contributed by atoms with Crippen molar-refractivity contribution in [2.45, 2.75) is 32.7 Å². The number of hydrogen-bond donors (Lipinski definition) is 1. The Hall–Kier alpha value is -1.74. The van der Waals surface area contributed by atoms with Gasteiger partial charge in [0.25, 0.3) is 0 Å². The highest BCUT2D eigenvalue weighted by atomic mass is 19.1. The second-order valence-electron chi connectivity index (χ2n) is 5.03. The largest absolute Gasteiger partial charge is 0.310 e. The molecule has 0 bridgehead atoms. The average molecular weight is 272 g/mol. The third kappa shape index (κ3) is 3.87. The molecule has 0 aliphatic heterocycles. The van der Waals surface area contributed by atoms with Gasteiger partial charge >= 0.3 is 0 Å². The highest BCUT2D eigenvalue weighted by Gasteiger charge is 2.13. The van der Waals surface area contributed by atoms with Crippen LogP contribution in [0.15, 0.2) is 42.6 Å². The van der Waals surface area contributed by atoms with Crippen LogP contribution in [0.5, 0.6) is 0 Å². The zero-order chi connectivity index (χ0) is 14.4. The number of pyridine rings is 1. The summed E-state index contributed by atoms with van der Waals surface area (Å²) in [7, 11) is 0. The number of nitrogens with zero attached hydrogens (tertiary/aromatic N) is 1. The zero-order valence-corrected chi connectivity index (χ0v) is 12.1. The van der Waals surface area contributed by atoms with Gasteiger partial charge in [0.05, 0.1) is 0 Å². The molecule has 1 heterocycles. The molecule has 0 spiro atoms. The Labute approximate surface area is 120 Å². The summed E-state index contributed by atoms with van der Waals surface area (Å²) >= 11 is 0. The Kier molecular flexibility index (Phi) is 5.24. The van der Waals surface area contributed by atoms with Crippen LogP contribution in [-0.4, -0.2) is 11.5 Å². The SMILES string of the molecule is CCCNC(Cc1ncccc1C)c1ccc(F)cc1. The van der Waals surface area contributed by atoms with E-state index in [1.54, 1.807) is 0 Å². The average Bonchev–Trinajstić information content (AvgIpc) is 2.46. The van der Waals surface area contributed by atoms with E-state index in [2.05, 4.69) is 30.2 Å². The van der Waals surface area contributed by atoms with Gasteiger partial charge in [0.2, 0.25) is 0 Å². The van der Waals surface area contributed by atoms with E-state index in [-0.39, 0.29) is 11.9 Å². The van der Waals surface area contributed by atoms with E-state index in [1.807, 2.05) is 24.4 Å². The van der Waals surface area contributed by atoms with Gasteiger partial charge in [-0.05, 0) is 49.2 Å². The molecule has 0 saturated heterocycles. The highest BCUT2D eigenvalue weighted by Crippen LogP contribution is 2.19. The zero-order valence-electron chi connectivity index (χ0n) is 12.1. The summed E-state index contributed by atoms with van der Waals surface area (Å²) in [6, 6.07) is 10.9. The number of halogens is 1. The van der Waals surface area contributed by atoms with Gasteiger partial charge in [0.15, 0.2) is 0 Å². The Morgan fingerprint density at radius 3 is 2.60 bits per heavy atom. The molecule has 3 heteroatoms. The second-order valence-corrected chi connectivity index (χ2v) is 5.03. The van der Waals surface area contributed by atoms with Gasteiger partial charge in [-0.3, -0.25) is 4.98 Å². The first-order valence-electron chi connectivity index (χ1n) is 7.10. The lowest BCUT2D eigenvalue weighted by Crippen LogP contribution is -2.24. The maximum atomic E-state index is 13.1. The first-order chi connectivity index (χ1) is 9.70. The summed E-state index contributed by atoms with van der Waals surface area (Å²) < 4.78 is 13.1. The molecule has 1 unspecified atom stereocenters. The molecule has 2 nitrogen and oxygen atoms in total. The fourth-order valence-electron chi connectivity index (χ4n) is 2.25. The van der Waals surface area contributed by atoms with Crippen molar-refractivity contribution < 1.29 is 4.39 Å². The van der Waals surface area contributed by atoms with Crippen LogP contribution < -0.4 is 5.32 Å². The van der Waals surface area contributed by atoms with Crippen molar-refractivity contribution in [2.24, 2.45) is 0 Å². The number of nitrogens with one attached hydrogen (secondary N) is 1. The highest BCUT2D eigenvalue weighted by molar-refractivity contribution is 5.25. The minimum absolute atomic E-state index is 0.171. The Bertz CT molecular complexity index is 537. The van der Waals surface area contributed by atoms with E-state index in [0.717, 1.165) is 30.6 Å². The van der Waals surface area contributed by atoms with Crippen LogP contribution in [0.1, 0.15) is 36.2 Å². The maximum Gasteiger partial charge on any atom is 0.123 e. The van der Waals surface area contributed by atoms with E-state index >= 15 is 0 Å². The third-order valence-electron chi connectivity index (χ3n) is 3.43. The fraction of sp³-hybridized carbons (Fsp3) is 0.353. The number of benzene rings is 1. The molecule has 20 heavy (non-hydrogen) atoms. The smallest absolute Gasteiger partial charge is 0.123 e. The van der Waals surface area contributed by atoms with Gasteiger partial charge in [-0.25, -0.2) is 4.39 Å². The molecule has 1 N–H and O–H groups in total. The van der Waals surface area contributed by atoms with E-state index < -0.39 is 0 Å². The number of rotatable bonds is 6. The van der Waals surface area contributed by atoms with Crippen molar-refractivity contribution in [1.82, 2.24) is 10.3 Å². The van der Waals surface area contributed by atoms with Crippen molar-refractivity contribution in [3.63, 3.8) is 0 Å². The molecule has 0 radical (unpaired) electrons. The van der Waals surface area contributed by atoms with Crippen molar-refractivity contribution in [2.75, 3.05) is 6.54 Å². The van der Waals surface area contributed by atoms with Crippen LogP contribution in [0.4, 0.5) is 4.39 Å². The van der Waals surface area contributed by atoms with E-state index in [0.29, 0.717) is 0 Å². The van der Waals surface area contributed by atoms with E-state index in [4.69, 9.17) is 0 Å². The second kappa shape index (κ2) is 7.15. The molecule has 2 rings (SSSR count). The van der Waals surface area contributed by atoms with E-state index in [9.17, 15) is 4.39 Å². The Morgan fingerprint density at radius 2 is 1.95 bits per heavy atom. The van der Waals surface area contributed by atoms with Gasteiger partial charge < -0.3 is 5.32 Å². The fourth-order valence-corrected chi connectivity index (χ4v) is 2.25. The Morgan fingerprint density at radius 1 is 1.20 bits per heavy atom. The third-order valence-corrected chi connectivity index (χ3v) is 3.43. The summed E-state index contributed by atoms with van der Waals surface area (Å²) in [5.74, 6) is -0.197. The van der Waals surface area contributed by atoms with Gasteiger partial charge in [-0.1, -0.05) is 25.1 Å². The van der Waals surface area contributed by atoms with E-state index in [1.165, 1.54) is 17.7 Å². The molecule has 1 atom stereocenters. The summed E-state index contributed by atoms with van der Waals surface area (Å²) in [6.07, 6.45) is 3.71. The van der Waals surface area contributed by atoms with Crippen LogP contribution in [0.25, 0.3) is 0 Å². The molecule has 0 aliphatic rings. The lowest BCUT2D eigenvalue weighted by atomic mass is 9.99. The van der Waals surface area contributed by atoms with Crippen molar-refractivity contribution in [3.05, 3.63) is 65.2 Å². The molecule has 1 aromatic carbocycles. The van der Waals surface area contributed by atoms with Crippen LogP contribution in [0.2, 0.25) is 0 Å². The van der Waals surface area contributed by atoms with Crippen LogP contribution in [0.3, 0.4) is 0 Å². The van der Waals surface area contributed by atoms with Crippen molar-refractivity contribution in [1.29, 1.82) is 0 Å². The monoisotopic (exact) mass is 272 g/mol. The lowest BCUT2D eigenvalue weighted by Gasteiger charge is -2.19. The minimum atomic E-state index is -0.197. The van der Waals surface area contributed by atoms with Gasteiger partial charge in [0.1, 0.15) is 5.82 Å². The van der Waals surface area contributed by atoms with Crippen LogP contribution in [0, 0.1) is 12.7 Å². The van der Waals surface area contributed by atoms with Crippen LogP contribution in [-0.2, 0) is 6.42 Å². The predicted molar refractivity (Wildman–Crippen MR) is 80.1 cm³/mol. The molecule has 0 fully saturated rings. The van der Waals surface area contributed by atoms with Gasteiger partial charge in [-0.15, -0.1) is 0 Å². The normalized spacial score (nSPS) is 12.3. The number of aromatic nitrogens is 1. The molecule has 1 aromatic heterocycles. The standard InChI is InChI=1S/C17H21FN2/c1-3-10-19-17(14-6-8-15(18)9-7-14)12-16-13(2)5-4-11-20-16/h4-9,11,17,19H,3,10,12H2,1-2H3. The molecule has 106 valence electrons. The summed E-state index contributed by atoms with van der Waals surface area (Å²) in [5.41, 5.74) is 3.38. The summed E-state index contributed by atoms with van der Waals surface area (Å²) in [6.45, 7) is 5.15. The van der Waals surface area contributed by atoms with Crippen molar-refractivity contribution >= 4 is 0 Å². The first kappa shape index (κ1) is 14.7. The van der Waals surface area contributed by atoms with Crippen molar-refractivity contribution in [3.8, 4) is 0 Å². The molecular weight excluding hydrogens is 251 g/mol. The van der Waals surface area contributed by atoms with Crippen LogP contribution >= 0.6 is 0 Å². The molecular formula is C17H21FN2. The molecule has 0 saturated carbocycles. The number of hydrogen-bond acceptors (Lipinski definition) is 2. The van der Waals surface area contributed by atoms with Gasteiger partial charge in [-0.2, -0.15) is 0 Å². The molecule has 0 aliphatic carbocycles. The quantitative estimate of drug-likeness (QED) is 0.865. The summed E-state index contributed by atoms with van der Waals surface area (Å²) in [4.78, 5) is 4.46. The Balaban J connectivity index is 2.19. The minimum Gasteiger partial charge on any atom is -0.310 e. The predicted octanol–water partition coefficient (Wildman–Crippen LogP) is 3.81.